The second-order valence-corrected chi connectivity index (χ2v) is 8.64. The number of ether oxygens (including phenoxy) is 4. The molecule has 0 spiro atoms. The van der Waals surface area contributed by atoms with E-state index < -0.39 is 24.1 Å². The first-order chi connectivity index (χ1) is 16.2. The van der Waals surface area contributed by atoms with Crippen LogP contribution in [0.2, 0.25) is 0 Å². The van der Waals surface area contributed by atoms with Crippen LogP contribution in [0.1, 0.15) is 39.7 Å². The summed E-state index contributed by atoms with van der Waals surface area (Å²) in [6.45, 7) is 8.36. The van der Waals surface area contributed by atoms with Crippen molar-refractivity contribution in [2.75, 3.05) is 13.2 Å². The maximum absolute atomic E-state index is 12.4. The Kier molecular flexibility index (Phi) is 10.9. The summed E-state index contributed by atoms with van der Waals surface area (Å²) in [5.74, 6) is -0.224. The van der Waals surface area contributed by atoms with Gasteiger partial charge in [-0.2, -0.15) is 0 Å². The third kappa shape index (κ3) is 10.4. The third-order valence-corrected chi connectivity index (χ3v) is 4.37. The van der Waals surface area contributed by atoms with Gasteiger partial charge >= 0.3 is 18.0 Å². The van der Waals surface area contributed by atoms with Crippen LogP contribution in [0, 0.1) is 11.8 Å². The van der Waals surface area contributed by atoms with Crippen LogP contribution in [0.25, 0.3) is 0 Å². The zero-order chi connectivity index (χ0) is 24.9. The van der Waals surface area contributed by atoms with Gasteiger partial charge in [0.2, 0.25) is 0 Å². The second-order valence-electron chi connectivity index (χ2n) is 8.64. The molecule has 0 radical (unpaired) electrons. The van der Waals surface area contributed by atoms with E-state index in [4.69, 9.17) is 18.9 Å². The van der Waals surface area contributed by atoms with Gasteiger partial charge < -0.3 is 24.3 Å². The maximum atomic E-state index is 12.4. The Balaban J connectivity index is 1.91. The van der Waals surface area contributed by atoms with Gasteiger partial charge in [-0.05, 0) is 41.7 Å². The van der Waals surface area contributed by atoms with Gasteiger partial charge in [-0.15, -0.1) is 0 Å². The summed E-state index contributed by atoms with van der Waals surface area (Å²) in [5, 5.41) is 2.40. The number of benzene rings is 2. The van der Waals surface area contributed by atoms with Crippen LogP contribution in [0.4, 0.5) is 4.79 Å². The predicted octanol–water partition coefficient (Wildman–Crippen LogP) is 4.51. The Hall–Kier alpha value is -3.55. The van der Waals surface area contributed by atoms with Gasteiger partial charge in [0.05, 0.1) is 19.6 Å². The monoisotopic (exact) mass is 471 g/mol. The first-order valence-corrected chi connectivity index (χ1v) is 11.3. The molecule has 0 bridgehead atoms. The largest absolute Gasteiger partial charge is 0.489 e. The Labute approximate surface area is 200 Å². The quantitative estimate of drug-likeness (QED) is 0.455. The van der Waals surface area contributed by atoms with Gasteiger partial charge in [-0.3, -0.25) is 4.79 Å². The minimum atomic E-state index is -1.22. The molecule has 0 aliphatic carbocycles. The molecule has 1 N–H and O–H groups in total. The molecule has 0 saturated carbocycles. The van der Waals surface area contributed by atoms with E-state index in [0.717, 1.165) is 5.56 Å². The van der Waals surface area contributed by atoms with Gasteiger partial charge in [0.15, 0.2) is 0 Å². The van der Waals surface area contributed by atoms with Gasteiger partial charge in [0, 0.05) is 0 Å². The molecule has 0 aliphatic heterocycles. The lowest BCUT2D eigenvalue weighted by Crippen LogP contribution is -2.45. The van der Waals surface area contributed by atoms with E-state index in [1.807, 2.05) is 58.0 Å². The van der Waals surface area contributed by atoms with E-state index in [2.05, 4.69) is 5.32 Å². The fraction of sp³-hybridized carbons (Fsp3) is 0.423. The molecule has 0 heterocycles. The number of carbonyl (C=O) groups excluding carboxylic acids is 3. The molecule has 184 valence electrons. The SMILES string of the molecule is CC(C)COC(=O)C[C@H](NC(=O)Oc1ccc(OCc2ccccc2)cc1)C(=O)OCC(C)C. The minimum absolute atomic E-state index is 0.104. The molecule has 0 unspecified atom stereocenters. The normalized spacial score (nSPS) is 11.6. The van der Waals surface area contributed by atoms with E-state index >= 15 is 0 Å². The average molecular weight is 472 g/mol. The van der Waals surface area contributed by atoms with Crippen molar-refractivity contribution in [3.05, 3.63) is 60.2 Å². The maximum Gasteiger partial charge on any atom is 0.413 e. The Morgan fingerprint density at radius 2 is 1.38 bits per heavy atom. The predicted molar refractivity (Wildman–Crippen MR) is 126 cm³/mol. The molecule has 0 saturated heterocycles. The topological polar surface area (TPSA) is 100 Å². The molecule has 34 heavy (non-hydrogen) atoms. The molecular formula is C26H33NO7. The third-order valence-electron chi connectivity index (χ3n) is 4.37. The molecule has 8 heteroatoms. The molecule has 1 amide bonds. The van der Waals surface area contributed by atoms with E-state index in [-0.39, 0.29) is 37.2 Å². The molecular weight excluding hydrogens is 438 g/mol. The zero-order valence-electron chi connectivity index (χ0n) is 20.1. The summed E-state index contributed by atoms with van der Waals surface area (Å²) in [7, 11) is 0. The summed E-state index contributed by atoms with van der Waals surface area (Å²) in [5.41, 5.74) is 1.03. The summed E-state index contributed by atoms with van der Waals surface area (Å²) >= 11 is 0. The number of hydrogen-bond acceptors (Lipinski definition) is 7. The molecule has 1 atom stereocenters. The van der Waals surface area contributed by atoms with Crippen molar-refractivity contribution >= 4 is 18.0 Å². The van der Waals surface area contributed by atoms with Gasteiger partial charge in [0.1, 0.15) is 24.1 Å². The lowest BCUT2D eigenvalue weighted by molar-refractivity contribution is -0.153. The molecule has 2 rings (SSSR count). The summed E-state index contributed by atoms with van der Waals surface area (Å²) in [6, 6.07) is 15.0. The molecule has 8 nitrogen and oxygen atoms in total. The van der Waals surface area contributed by atoms with Gasteiger partial charge in [-0.25, -0.2) is 9.59 Å². The van der Waals surface area contributed by atoms with Crippen molar-refractivity contribution in [2.45, 2.75) is 46.8 Å². The highest BCUT2D eigenvalue weighted by Gasteiger charge is 2.27. The number of carbonyl (C=O) groups is 3. The van der Waals surface area contributed by atoms with Crippen molar-refractivity contribution in [1.29, 1.82) is 0 Å². The number of nitrogens with one attached hydrogen (secondary N) is 1. The highest BCUT2D eigenvalue weighted by molar-refractivity contribution is 5.86. The van der Waals surface area contributed by atoms with Crippen LogP contribution in [-0.4, -0.2) is 37.3 Å². The van der Waals surface area contributed by atoms with Crippen molar-refractivity contribution in [3.8, 4) is 11.5 Å². The molecule has 0 aliphatic rings. The molecule has 2 aromatic rings. The number of hydrogen-bond donors (Lipinski definition) is 1. The fourth-order valence-corrected chi connectivity index (χ4v) is 2.65. The van der Waals surface area contributed by atoms with E-state index in [9.17, 15) is 14.4 Å². The van der Waals surface area contributed by atoms with Crippen LogP contribution < -0.4 is 14.8 Å². The van der Waals surface area contributed by atoms with Crippen LogP contribution in [0.15, 0.2) is 54.6 Å². The standard InChI is InChI=1S/C26H33NO7/c1-18(2)15-32-24(28)14-23(25(29)33-16-19(3)4)27-26(30)34-22-12-10-21(11-13-22)31-17-20-8-6-5-7-9-20/h5-13,18-19,23H,14-17H2,1-4H3,(H,27,30)/t23-/m0/s1. The first-order valence-electron chi connectivity index (χ1n) is 11.3. The van der Waals surface area contributed by atoms with Crippen molar-refractivity contribution < 1.29 is 33.3 Å². The smallest absolute Gasteiger partial charge is 0.413 e. The van der Waals surface area contributed by atoms with Crippen LogP contribution >= 0.6 is 0 Å². The summed E-state index contributed by atoms with van der Waals surface area (Å²) < 4.78 is 21.3. The number of esters is 2. The summed E-state index contributed by atoms with van der Waals surface area (Å²) in [4.78, 5) is 36.9. The van der Waals surface area contributed by atoms with Crippen molar-refractivity contribution in [2.24, 2.45) is 11.8 Å². The molecule has 2 aromatic carbocycles. The minimum Gasteiger partial charge on any atom is -0.489 e. The van der Waals surface area contributed by atoms with Crippen molar-refractivity contribution in [1.82, 2.24) is 5.32 Å². The highest BCUT2D eigenvalue weighted by Crippen LogP contribution is 2.19. The zero-order valence-corrected chi connectivity index (χ0v) is 20.1. The number of rotatable bonds is 12. The van der Waals surface area contributed by atoms with Gasteiger partial charge in [0.25, 0.3) is 0 Å². The Bertz CT molecular complexity index is 911. The lowest BCUT2D eigenvalue weighted by atomic mass is 10.2. The van der Waals surface area contributed by atoms with Crippen molar-refractivity contribution in [3.63, 3.8) is 0 Å². The van der Waals surface area contributed by atoms with Crippen LogP contribution in [-0.2, 0) is 25.7 Å². The number of amides is 1. The molecule has 0 fully saturated rings. The molecule has 0 aromatic heterocycles. The lowest BCUT2D eigenvalue weighted by Gasteiger charge is -2.18. The fourth-order valence-electron chi connectivity index (χ4n) is 2.65. The summed E-state index contributed by atoms with van der Waals surface area (Å²) in [6.07, 6.45) is -1.24. The highest BCUT2D eigenvalue weighted by atomic mass is 16.6. The Morgan fingerprint density at radius 3 is 2.00 bits per heavy atom. The average Bonchev–Trinajstić information content (AvgIpc) is 2.81. The van der Waals surface area contributed by atoms with E-state index in [1.165, 1.54) is 0 Å². The Morgan fingerprint density at radius 1 is 0.794 bits per heavy atom. The van der Waals surface area contributed by atoms with Gasteiger partial charge in [-0.1, -0.05) is 58.0 Å². The van der Waals surface area contributed by atoms with Crippen LogP contribution in [0.3, 0.4) is 0 Å². The second kappa shape index (κ2) is 13.9. The first kappa shape index (κ1) is 26.7. The van der Waals surface area contributed by atoms with E-state index in [0.29, 0.717) is 12.4 Å². The van der Waals surface area contributed by atoms with Crippen LogP contribution in [0.5, 0.6) is 11.5 Å². The van der Waals surface area contributed by atoms with E-state index in [1.54, 1.807) is 24.3 Å².